The smallest absolute Gasteiger partial charge is 0.308 e. The van der Waals surface area contributed by atoms with Crippen LogP contribution in [0.3, 0.4) is 0 Å². The van der Waals surface area contributed by atoms with Crippen molar-refractivity contribution >= 4 is 11.9 Å². The van der Waals surface area contributed by atoms with Gasteiger partial charge in [0.05, 0.1) is 18.6 Å². The Morgan fingerprint density at radius 3 is 2.44 bits per heavy atom. The Labute approximate surface area is 150 Å². The van der Waals surface area contributed by atoms with Crippen LogP contribution in [0.4, 0.5) is 0 Å². The highest BCUT2D eigenvalue weighted by Crippen LogP contribution is 2.48. The van der Waals surface area contributed by atoms with Crippen molar-refractivity contribution in [3.8, 4) is 0 Å². The summed E-state index contributed by atoms with van der Waals surface area (Å²) in [7, 11) is 0. The molecule has 1 amide bonds. The number of esters is 1. The minimum absolute atomic E-state index is 0.107. The summed E-state index contributed by atoms with van der Waals surface area (Å²) in [6.45, 7) is 5.71. The normalized spacial score (nSPS) is 25.8. The molecular formula is C21H29NO3. The summed E-state index contributed by atoms with van der Waals surface area (Å²) in [4.78, 5) is 25.0. The molecule has 2 bridgehead atoms. The van der Waals surface area contributed by atoms with E-state index in [2.05, 4.69) is 5.32 Å². The maximum absolute atomic E-state index is 12.8. The summed E-state index contributed by atoms with van der Waals surface area (Å²) in [5.41, 5.74) is 2.12. The van der Waals surface area contributed by atoms with Crippen LogP contribution >= 0.6 is 0 Å². The van der Waals surface area contributed by atoms with Gasteiger partial charge in [0.15, 0.2) is 0 Å². The molecule has 0 spiro atoms. The van der Waals surface area contributed by atoms with E-state index in [1.165, 1.54) is 19.3 Å². The largest absolute Gasteiger partial charge is 0.463 e. The van der Waals surface area contributed by atoms with Gasteiger partial charge in [-0.2, -0.15) is 0 Å². The third kappa shape index (κ3) is 4.42. The molecule has 2 saturated carbocycles. The zero-order chi connectivity index (χ0) is 18.0. The van der Waals surface area contributed by atoms with E-state index in [0.29, 0.717) is 5.92 Å². The van der Waals surface area contributed by atoms with Gasteiger partial charge in [-0.3, -0.25) is 9.59 Å². The van der Waals surface area contributed by atoms with Crippen LogP contribution in [0.15, 0.2) is 24.3 Å². The minimum atomic E-state index is -0.321. The Morgan fingerprint density at radius 1 is 1.16 bits per heavy atom. The number of ether oxygens (including phenoxy) is 1. The lowest BCUT2D eigenvalue weighted by Gasteiger charge is -2.25. The minimum Gasteiger partial charge on any atom is -0.463 e. The van der Waals surface area contributed by atoms with Crippen LogP contribution in [0.25, 0.3) is 0 Å². The fraction of sp³-hybridized carbons (Fsp3) is 0.619. The number of amides is 1. The Hall–Kier alpha value is -1.84. The number of carbonyl (C=O) groups excluding carboxylic acids is 2. The summed E-state index contributed by atoms with van der Waals surface area (Å²) in [5, 5.41) is 3.14. The number of aryl methyl sites for hydroxylation is 1. The zero-order valence-electron chi connectivity index (χ0n) is 15.5. The molecule has 1 aromatic rings. The topological polar surface area (TPSA) is 55.4 Å². The maximum Gasteiger partial charge on any atom is 0.308 e. The molecule has 4 heteroatoms. The second-order valence-corrected chi connectivity index (χ2v) is 8.00. The molecule has 0 aliphatic heterocycles. The fourth-order valence-electron chi connectivity index (χ4n) is 4.37. The van der Waals surface area contributed by atoms with Crippen molar-refractivity contribution in [3.05, 3.63) is 35.4 Å². The van der Waals surface area contributed by atoms with Gasteiger partial charge in [0.1, 0.15) is 0 Å². The van der Waals surface area contributed by atoms with Crippen LogP contribution in [0, 0.1) is 24.7 Å². The summed E-state index contributed by atoms with van der Waals surface area (Å²) in [6, 6.07) is 7.69. The molecular weight excluding hydrogens is 314 g/mol. The van der Waals surface area contributed by atoms with Crippen molar-refractivity contribution in [2.45, 2.75) is 65.0 Å². The number of fused-ring (bicyclic) bond motifs is 2. The molecule has 2 aliphatic rings. The Morgan fingerprint density at radius 2 is 1.88 bits per heavy atom. The SMILES string of the molecule is Cc1ccc(C(CC(=O)OC(C)C)NC(=O)C2CC3CCC2C3)cc1. The van der Waals surface area contributed by atoms with E-state index < -0.39 is 0 Å². The molecule has 1 N–H and O–H groups in total. The molecule has 1 aromatic carbocycles. The van der Waals surface area contributed by atoms with Crippen LogP contribution in [-0.4, -0.2) is 18.0 Å². The summed E-state index contributed by atoms with van der Waals surface area (Å²) in [6.07, 6.45) is 4.68. The van der Waals surface area contributed by atoms with Gasteiger partial charge in [-0.05, 0) is 57.4 Å². The first-order chi connectivity index (χ1) is 11.9. The van der Waals surface area contributed by atoms with Gasteiger partial charge >= 0.3 is 5.97 Å². The van der Waals surface area contributed by atoms with Gasteiger partial charge in [0.2, 0.25) is 5.91 Å². The van der Waals surface area contributed by atoms with Crippen molar-refractivity contribution in [2.24, 2.45) is 17.8 Å². The first-order valence-electron chi connectivity index (χ1n) is 9.48. The molecule has 4 unspecified atom stereocenters. The predicted molar refractivity (Wildman–Crippen MR) is 96.8 cm³/mol. The van der Waals surface area contributed by atoms with Crippen LogP contribution in [0.1, 0.15) is 63.1 Å². The van der Waals surface area contributed by atoms with E-state index in [4.69, 9.17) is 4.74 Å². The molecule has 4 atom stereocenters. The molecule has 0 radical (unpaired) electrons. The zero-order valence-corrected chi connectivity index (χ0v) is 15.5. The predicted octanol–water partition coefficient (Wildman–Crippen LogP) is 3.93. The number of hydrogen-bond acceptors (Lipinski definition) is 3. The molecule has 0 heterocycles. The Balaban J connectivity index is 1.70. The molecule has 4 nitrogen and oxygen atoms in total. The van der Waals surface area contributed by atoms with Crippen molar-refractivity contribution < 1.29 is 14.3 Å². The maximum atomic E-state index is 12.8. The number of carbonyl (C=O) groups is 2. The first kappa shape index (κ1) is 18.0. The molecule has 2 aliphatic carbocycles. The summed E-state index contributed by atoms with van der Waals surface area (Å²) >= 11 is 0. The third-order valence-electron chi connectivity index (χ3n) is 5.61. The van der Waals surface area contributed by atoms with Gasteiger partial charge in [0.25, 0.3) is 0 Å². The molecule has 2 fully saturated rings. The van der Waals surface area contributed by atoms with E-state index in [1.807, 2.05) is 45.0 Å². The van der Waals surface area contributed by atoms with Crippen molar-refractivity contribution in [3.63, 3.8) is 0 Å². The second kappa shape index (κ2) is 7.59. The lowest BCUT2D eigenvalue weighted by atomic mass is 9.87. The lowest BCUT2D eigenvalue weighted by molar-refractivity contribution is -0.148. The highest BCUT2D eigenvalue weighted by atomic mass is 16.5. The highest BCUT2D eigenvalue weighted by molar-refractivity contribution is 5.81. The van der Waals surface area contributed by atoms with Gasteiger partial charge in [0, 0.05) is 5.92 Å². The number of rotatable bonds is 6. The van der Waals surface area contributed by atoms with E-state index in [0.717, 1.165) is 23.5 Å². The van der Waals surface area contributed by atoms with E-state index in [-0.39, 0.29) is 36.4 Å². The standard InChI is InChI=1S/C21H29NO3/c1-13(2)25-20(23)12-19(16-7-4-14(3)5-8-16)22-21(24)18-11-15-6-9-17(18)10-15/h4-5,7-8,13,15,17-19H,6,9-12H2,1-3H3,(H,22,24). The van der Waals surface area contributed by atoms with Crippen LogP contribution in [0.2, 0.25) is 0 Å². The quantitative estimate of drug-likeness (QED) is 0.796. The average Bonchev–Trinajstić information content (AvgIpc) is 3.17. The Bertz CT molecular complexity index is 623. The molecule has 0 aromatic heterocycles. The highest BCUT2D eigenvalue weighted by Gasteiger charge is 2.43. The third-order valence-corrected chi connectivity index (χ3v) is 5.61. The van der Waals surface area contributed by atoms with Crippen LogP contribution in [-0.2, 0) is 14.3 Å². The number of hydrogen-bond donors (Lipinski definition) is 1. The Kier molecular flexibility index (Phi) is 5.45. The second-order valence-electron chi connectivity index (χ2n) is 8.00. The van der Waals surface area contributed by atoms with Crippen molar-refractivity contribution in [1.82, 2.24) is 5.32 Å². The first-order valence-corrected chi connectivity index (χ1v) is 9.48. The van der Waals surface area contributed by atoms with E-state index in [1.54, 1.807) is 0 Å². The summed E-state index contributed by atoms with van der Waals surface area (Å²) in [5.74, 6) is 1.22. The molecule has 0 saturated heterocycles. The molecule has 25 heavy (non-hydrogen) atoms. The number of nitrogens with one attached hydrogen (secondary N) is 1. The number of benzene rings is 1. The van der Waals surface area contributed by atoms with Crippen LogP contribution < -0.4 is 5.32 Å². The van der Waals surface area contributed by atoms with Crippen molar-refractivity contribution in [2.75, 3.05) is 0 Å². The molecule has 3 rings (SSSR count). The lowest BCUT2D eigenvalue weighted by Crippen LogP contribution is -2.37. The van der Waals surface area contributed by atoms with Gasteiger partial charge < -0.3 is 10.1 Å². The van der Waals surface area contributed by atoms with Crippen LogP contribution in [0.5, 0.6) is 0 Å². The fourth-order valence-corrected chi connectivity index (χ4v) is 4.37. The van der Waals surface area contributed by atoms with Gasteiger partial charge in [-0.15, -0.1) is 0 Å². The van der Waals surface area contributed by atoms with Gasteiger partial charge in [-0.1, -0.05) is 36.2 Å². The summed E-state index contributed by atoms with van der Waals surface area (Å²) < 4.78 is 5.29. The monoisotopic (exact) mass is 343 g/mol. The van der Waals surface area contributed by atoms with Gasteiger partial charge in [-0.25, -0.2) is 0 Å². The van der Waals surface area contributed by atoms with Crippen molar-refractivity contribution in [1.29, 1.82) is 0 Å². The average molecular weight is 343 g/mol. The molecule has 136 valence electrons. The van der Waals surface area contributed by atoms with E-state index in [9.17, 15) is 9.59 Å². The van der Waals surface area contributed by atoms with E-state index >= 15 is 0 Å².